The zero-order valence-corrected chi connectivity index (χ0v) is 18.0. The van der Waals surface area contributed by atoms with Crippen LogP contribution in [0.25, 0.3) is 11.6 Å². The Bertz CT molecular complexity index is 1030. The van der Waals surface area contributed by atoms with E-state index in [0.717, 1.165) is 12.8 Å². The van der Waals surface area contributed by atoms with Gasteiger partial charge in [-0.25, -0.2) is 0 Å². The van der Waals surface area contributed by atoms with E-state index in [4.69, 9.17) is 16.0 Å². The van der Waals surface area contributed by atoms with Crippen LogP contribution >= 0.6 is 23.4 Å². The fraction of sp³-hybridized carbons (Fsp3) is 0.333. The SMILES string of the molecule is CCn1c(S[C@@H]2CCCCN(C(=O)c3ccc(Cl)cc3)C2=O)nnc1-c1ccco1. The number of hydrogen-bond acceptors (Lipinski definition) is 6. The Labute approximate surface area is 183 Å². The highest BCUT2D eigenvalue weighted by molar-refractivity contribution is 8.00. The summed E-state index contributed by atoms with van der Waals surface area (Å²) in [5.41, 5.74) is 0.454. The largest absolute Gasteiger partial charge is 0.461 e. The average molecular weight is 445 g/mol. The van der Waals surface area contributed by atoms with E-state index in [0.29, 0.717) is 46.8 Å². The predicted molar refractivity (Wildman–Crippen MR) is 114 cm³/mol. The molecule has 156 valence electrons. The van der Waals surface area contributed by atoms with E-state index in [1.165, 1.54) is 16.7 Å². The Hall–Kier alpha value is -2.58. The summed E-state index contributed by atoms with van der Waals surface area (Å²) in [6.45, 7) is 3.04. The van der Waals surface area contributed by atoms with E-state index in [1.54, 1.807) is 36.6 Å². The number of likely N-dealkylation sites (tertiary alicyclic amines) is 1. The Morgan fingerprint density at radius 3 is 2.73 bits per heavy atom. The standard InChI is InChI=1S/C21H21ClN4O3S/c1-2-25-18(16-6-5-13-29-16)23-24-21(25)30-17-7-3-4-12-26(20(17)28)19(27)14-8-10-15(22)11-9-14/h5-6,8-11,13,17H,2-4,7,12H2,1H3/t17-/m1/s1. The van der Waals surface area contributed by atoms with Crippen molar-refractivity contribution in [2.45, 2.75) is 43.1 Å². The maximum atomic E-state index is 13.2. The second-order valence-corrected chi connectivity index (χ2v) is 8.54. The lowest BCUT2D eigenvalue weighted by Gasteiger charge is -2.22. The second-order valence-electron chi connectivity index (χ2n) is 6.93. The second kappa shape index (κ2) is 9.06. The van der Waals surface area contributed by atoms with Gasteiger partial charge >= 0.3 is 0 Å². The number of carbonyl (C=O) groups excluding carboxylic acids is 2. The van der Waals surface area contributed by atoms with Gasteiger partial charge in [-0.2, -0.15) is 0 Å². The quantitative estimate of drug-likeness (QED) is 0.538. The molecule has 1 saturated heterocycles. The Morgan fingerprint density at radius 1 is 1.23 bits per heavy atom. The molecule has 1 aliphatic rings. The highest BCUT2D eigenvalue weighted by Gasteiger charge is 2.33. The minimum atomic E-state index is -0.400. The smallest absolute Gasteiger partial charge is 0.260 e. The number of thioether (sulfide) groups is 1. The molecule has 2 amide bonds. The fourth-order valence-corrected chi connectivity index (χ4v) is 4.77. The number of halogens is 1. The van der Waals surface area contributed by atoms with Gasteiger partial charge in [-0.3, -0.25) is 19.1 Å². The van der Waals surface area contributed by atoms with Crippen molar-refractivity contribution in [3.05, 3.63) is 53.2 Å². The summed E-state index contributed by atoms with van der Waals surface area (Å²) >= 11 is 7.28. The summed E-state index contributed by atoms with van der Waals surface area (Å²) in [7, 11) is 0. The molecule has 9 heteroatoms. The lowest BCUT2D eigenvalue weighted by Crippen LogP contribution is -2.41. The van der Waals surface area contributed by atoms with Crippen LogP contribution in [0.2, 0.25) is 5.02 Å². The van der Waals surface area contributed by atoms with Gasteiger partial charge in [0.05, 0.1) is 11.5 Å². The van der Waals surface area contributed by atoms with E-state index in [-0.39, 0.29) is 11.8 Å². The summed E-state index contributed by atoms with van der Waals surface area (Å²) in [6, 6.07) is 10.2. The number of furan rings is 1. The normalized spacial score (nSPS) is 17.2. The van der Waals surface area contributed by atoms with Crippen LogP contribution in [0.1, 0.15) is 36.5 Å². The van der Waals surface area contributed by atoms with Gasteiger partial charge < -0.3 is 4.42 Å². The van der Waals surface area contributed by atoms with E-state index < -0.39 is 5.25 Å². The van der Waals surface area contributed by atoms with Crippen molar-refractivity contribution in [1.82, 2.24) is 19.7 Å². The van der Waals surface area contributed by atoms with Gasteiger partial charge in [-0.05, 0) is 56.2 Å². The van der Waals surface area contributed by atoms with Crippen LogP contribution in [0, 0.1) is 0 Å². The molecule has 2 aromatic heterocycles. The van der Waals surface area contributed by atoms with E-state index in [2.05, 4.69) is 10.2 Å². The van der Waals surface area contributed by atoms with Crippen molar-refractivity contribution >= 4 is 35.2 Å². The van der Waals surface area contributed by atoms with Crippen molar-refractivity contribution in [3.63, 3.8) is 0 Å². The highest BCUT2D eigenvalue weighted by Crippen LogP contribution is 2.32. The molecule has 0 aliphatic carbocycles. The third-order valence-electron chi connectivity index (χ3n) is 5.00. The Kier molecular flexibility index (Phi) is 6.24. The molecule has 4 rings (SSSR count). The van der Waals surface area contributed by atoms with Gasteiger partial charge in [0.2, 0.25) is 5.91 Å². The number of nitrogens with zero attached hydrogens (tertiary/aromatic N) is 4. The maximum Gasteiger partial charge on any atom is 0.260 e. The number of carbonyl (C=O) groups is 2. The molecule has 0 radical (unpaired) electrons. The lowest BCUT2D eigenvalue weighted by atomic mass is 10.2. The van der Waals surface area contributed by atoms with Crippen LogP contribution in [0.4, 0.5) is 0 Å². The summed E-state index contributed by atoms with van der Waals surface area (Å²) in [6.07, 6.45) is 3.91. The van der Waals surface area contributed by atoms with E-state index in [1.807, 2.05) is 17.6 Å². The van der Waals surface area contributed by atoms with Gasteiger partial charge in [0.15, 0.2) is 16.7 Å². The minimum absolute atomic E-state index is 0.192. The van der Waals surface area contributed by atoms with Gasteiger partial charge in [-0.1, -0.05) is 29.8 Å². The number of aromatic nitrogens is 3. The van der Waals surface area contributed by atoms with Crippen LogP contribution in [0.3, 0.4) is 0 Å². The zero-order valence-electron chi connectivity index (χ0n) is 16.5. The highest BCUT2D eigenvalue weighted by atomic mass is 35.5. The molecule has 1 aromatic carbocycles. The first kappa shape index (κ1) is 20.7. The van der Waals surface area contributed by atoms with Crippen molar-refractivity contribution in [1.29, 1.82) is 0 Å². The topological polar surface area (TPSA) is 81.2 Å². The van der Waals surface area contributed by atoms with E-state index in [9.17, 15) is 9.59 Å². The minimum Gasteiger partial charge on any atom is -0.461 e. The van der Waals surface area contributed by atoms with Crippen LogP contribution in [0.5, 0.6) is 0 Å². The summed E-state index contributed by atoms with van der Waals surface area (Å²) in [4.78, 5) is 27.6. The van der Waals surface area contributed by atoms with Crippen LogP contribution in [0.15, 0.2) is 52.2 Å². The molecular formula is C21H21ClN4O3S. The van der Waals surface area contributed by atoms with Gasteiger partial charge in [-0.15, -0.1) is 10.2 Å². The molecule has 3 aromatic rings. The zero-order chi connectivity index (χ0) is 21.1. The molecule has 0 spiro atoms. The number of amides is 2. The van der Waals surface area contributed by atoms with Crippen molar-refractivity contribution in [2.24, 2.45) is 0 Å². The molecule has 1 fully saturated rings. The van der Waals surface area contributed by atoms with Crippen molar-refractivity contribution in [2.75, 3.05) is 6.54 Å². The predicted octanol–water partition coefficient (Wildman–Crippen LogP) is 4.53. The lowest BCUT2D eigenvalue weighted by molar-refractivity contribution is -0.127. The number of hydrogen-bond donors (Lipinski definition) is 0. The third-order valence-corrected chi connectivity index (χ3v) is 6.48. The Balaban J connectivity index is 1.56. The molecule has 1 atom stereocenters. The first-order valence-electron chi connectivity index (χ1n) is 9.83. The van der Waals surface area contributed by atoms with Gasteiger partial charge in [0, 0.05) is 23.7 Å². The summed E-state index contributed by atoms with van der Waals surface area (Å²) < 4.78 is 7.37. The van der Waals surface area contributed by atoms with Gasteiger partial charge in [0.25, 0.3) is 5.91 Å². The molecule has 1 aliphatic heterocycles. The molecular weight excluding hydrogens is 424 g/mol. The van der Waals surface area contributed by atoms with Crippen molar-refractivity contribution < 1.29 is 14.0 Å². The number of imide groups is 1. The number of rotatable bonds is 5. The number of benzene rings is 1. The molecule has 0 unspecified atom stereocenters. The maximum absolute atomic E-state index is 13.2. The molecule has 0 bridgehead atoms. The van der Waals surface area contributed by atoms with Crippen LogP contribution in [-0.2, 0) is 11.3 Å². The molecule has 0 saturated carbocycles. The third kappa shape index (κ3) is 4.15. The van der Waals surface area contributed by atoms with Gasteiger partial charge in [0.1, 0.15) is 0 Å². The summed E-state index contributed by atoms with van der Waals surface area (Å²) in [5.74, 6) is 0.767. The first-order chi connectivity index (χ1) is 14.6. The Morgan fingerprint density at radius 2 is 2.03 bits per heavy atom. The fourth-order valence-electron chi connectivity index (χ4n) is 3.44. The van der Waals surface area contributed by atoms with Crippen LogP contribution < -0.4 is 0 Å². The monoisotopic (exact) mass is 444 g/mol. The summed E-state index contributed by atoms with van der Waals surface area (Å²) in [5, 5.41) is 9.32. The molecule has 30 heavy (non-hydrogen) atoms. The first-order valence-corrected chi connectivity index (χ1v) is 11.1. The van der Waals surface area contributed by atoms with E-state index >= 15 is 0 Å². The average Bonchev–Trinajstić information content (AvgIpc) is 3.38. The van der Waals surface area contributed by atoms with Crippen molar-refractivity contribution in [3.8, 4) is 11.6 Å². The molecule has 0 N–H and O–H groups in total. The molecule has 7 nitrogen and oxygen atoms in total. The molecule has 3 heterocycles. The van der Waals surface area contributed by atoms with Crippen LogP contribution in [-0.4, -0.2) is 43.3 Å².